The van der Waals surface area contributed by atoms with Crippen LogP contribution in [0.4, 0.5) is 20.6 Å². The van der Waals surface area contributed by atoms with Gasteiger partial charge < -0.3 is 15.3 Å². The number of carbonyl (C=O) groups excluding carboxylic acids is 1. The SMILES string of the molecule is CC(O)Cn1c(N)c(-c2nc(NC(=O)c3cnccn3)oc2Cc2c(F)cccc2F)ccc1=O. The fourth-order valence-corrected chi connectivity index (χ4v) is 3.42. The van der Waals surface area contributed by atoms with E-state index >= 15 is 0 Å². The van der Waals surface area contributed by atoms with E-state index in [1.54, 1.807) is 0 Å². The molecule has 3 heterocycles. The predicted octanol–water partition coefficient (Wildman–Crippen LogP) is 2.38. The van der Waals surface area contributed by atoms with Crippen molar-refractivity contribution in [3.8, 4) is 11.3 Å². The molecule has 4 N–H and O–H groups in total. The molecule has 1 unspecified atom stereocenters. The number of carbonyl (C=O) groups is 1. The van der Waals surface area contributed by atoms with E-state index in [0.29, 0.717) is 0 Å². The Labute approximate surface area is 197 Å². The Morgan fingerprint density at radius 1 is 1.23 bits per heavy atom. The third-order valence-electron chi connectivity index (χ3n) is 5.04. The Bertz CT molecular complexity index is 1420. The number of pyridine rings is 1. The molecule has 1 aromatic carbocycles. The summed E-state index contributed by atoms with van der Waals surface area (Å²) in [7, 11) is 0. The largest absolute Gasteiger partial charge is 0.427 e. The van der Waals surface area contributed by atoms with Crippen molar-refractivity contribution in [1.29, 1.82) is 0 Å². The molecule has 10 nitrogen and oxygen atoms in total. The third-order valence-corrected chi connectivity index (χ3v) is 5.04. The molecule has 0 bridgehead atoms. The van der Waals surface area contributed by atoms with Crippen molar-refractivity contribution in [2.75, 3.05) is 11.1 Å². The van der Waals surface area contributed by atoms with Crippen molar-refractivity contribution in [1.82, 2.24) is 19.5 Å². The maximum absolute atomic E-state index is 14.4. The molecular formula is C23H20F2N6O4. The van der Waals surface area contributed by atoms with Crippen LogP contribution < -0.4 is 16.6 Å². The Kier molecular flexibility index (Phi) is 6.64. The summed E-state index contributed by atoms with van der Waals surface area (Å²) in [6.45, 7) is 1.39. The van der Waals surface area contributed by atoms with Gasteiger partial charge in [0.1, 0.15) is 34.6 Å². The van der Waals surface area contributed by atoms with Crippen molar-refractivity contribution in [3.05, 3.63) is 87.9 Å². The van der Waals surface area contributed by atoms with E-state index in [4.69, 9.17) is 10.2 Å². The zero-order chi connectivity index (χ0) is 25.1. The van der Waals surface area contributed by atoms with Gasteiger partial charge >= 0.3 is 6.01 Å². The molecule has 3 aromatic heterocycles. The fraction of sp³-hybridized carbons (Fsp3) is 0.174. The molecule has 12 heteroatoms. The van der Waals surface area contributed by atoms with Crippen LogP contribution in [-0.4, -0.2) is 36.6 Å². The molecule has 4 rings (SSSR count). The van der Waals surface area contributed by atoms with Gasteiger partial charge in [0, 0.05) is 36.0 Å². The van der Waals surface area contributed by atoms with E-state index in [1.807, 2.05) is 0 Å². The van der Waals surface area contributed by atoms with Crippen molar-refractivity contribution in [3.63, 3.8) is 0 Å². The first-order chi connectivity index (χ1) is 16.7. The Morgan fingerprint density at radius 2 is 1.97 bits per heavy atom. The number of aromatic nitrogens is 4. The summed E-state index contributed by atoms with van der Waals surface area (Å²) in [5.74, 6) is -2.35. The molecule has 35 heavy (non-hydrogen) atoms. The average Bonchev–Trinajstić information content (AvgIpc) is 3.21. The molecular weight excluding hydrogens is 462 g/mol. The lowest BCUT2D eigenvalue weighted by molar-refractivity contribution is 0.101. The third kappa shape index (κ3) is 5.06. The van der Waals surface area contributed by atoms with Crippen LogP contribution in [-0.2, 0) is 13.0 Å². The molecule has 0 aliphatic heterocycles. The van der Waals surface area contributed by atoms with Gasteiger partial charge in [-0.15, -0.1) is 0 Å². The Hall–Kier alpha value is -4.45. The van der Waals surface area contributed by atoms with Gasteiger partial charge in [-0.1, -0.05) is 6.07 Å². The van der Waals surface area contributed by atoms with Crippen LogP contribution in [0.15, 0.2) is 58.1 Å². The minimum absolute atomic E-state index is 0.0149. The molecule has 0 saturated heterocycles. The zero-order valence-corrected chi connectivity index (χ0v) is 18.4. The van der Waals surface area contributed by atoms with E-state index in [0.717, 1.165) is 16.7 Å². The summed E-state index contributed by atoms with van der Waals surface area (Å²) < 4.78 is 35.5. The van der Waals surface area contributed by atoms with Crippen molar-refractivity contribution >= 4 is 17.7 Å². The molecule has 0 spiro atoms. The highest BCUT2D eigenvalue weighted by atomic mass is 19.1. The van der Waals surface area contributed by atoms with Crippen LogP contribution in [0.2, 0.25) is 0 Å². The lowest BCUT2D eigenvalue weighted by atomic mass is 10.0. The number of nitrogens with one attached hydrogen (secondary N) is 1. The molecule has 0 radical (unpaired) electrons. The lowest BCUT2D eigenvalue weighted by Gasteiger charge is -2.14. The Morgan fingerprint density at radius 3 is 2.63 bits per heavy atom. The number of benzene rings is 1. The monoisotopic (exact) mass is 482 g/mol. The van der Waals surface area contributed by atoms with Crippen molar-refractivity contribution in [2.45, 2.75) is 26.0 Å². The second-order valence-corrected chi connectivity index (χ2v) is 7.64. The number of nitrogens with zero attached hydrogens (tertiary/aromatic N) is 4. The van der Waals surface area contributed by atoms with Crippen LogP contribution in [0.5, 0.6) is 0 Å². The van der Waals surface area contributed by atoms with Gasteiger partial charge in [-0.05, 0) is 25.1 Å². The van der Waals surface area contributed by atoms with Gasteiger partial charge in [-0.3, -0.25) is 24.5 Å². The number of oxazole rings is 1. The molecule has 1 amide bonds. The standard InChI is InChI=1S/C23H20F2N6O4/c1-12(32)11-31-19(33)6-5-13(21(31)26)20-18(9-14-15(24)3-2-4-16(14)25)35-23(29-20)30-22(34)17-10-27-7-8-28-17/h2-8,10,12,32H,9,11,26H2,1H3,(H,29,30,34). The highest BCUT2D eigenvalue weighted by molar-refractivity contribution is 6.01. The topological polar surface area (TPSA) is 149 Å². The number of rotatable bonds is 7. The van der Waals surface area contributed by atoms with Crippen LogP contribution >= 0.6 is 0 Å². The summed E-state index contributed by atoms with van der Waals surface area (Å²) in [5, 5.41) is 12.2. The van der Waals surface area contributed by atoms with E-state index in [1.165, 1.54) is 43.7 Å². The summed E-state index contributed by atoms with van der Waals surface area (Å²) >= 11 is 0. The van der Waals surface area contributed by atoms with Crippen molar-refractivity contribution in [2.24, 2.45) is 0 Å². The molecule has 0 fully saturated rings. The van der Waals surface area contributed by atoms with Crippen LogP contribution in [0, 0.1) is 11.6 Å². The number of aliphatic hydroxyl groups excluding tert-OH is 1. The predicted molar refractivity (Wildman–Crippen MR) is 121 cm³/mol. The highest BCUT2D eigenvalue weighted by Crippen LogP contribution is 2.32. The second kappa shape index (κ2) is 9.81. The molecule has 0 aliphatic rings. The molecule has 1 atom stereocenters. The van der Waals surface area contributed by atoms with E-state index in [2.05, 4.69) is 20.3 Å². The smallest absolute Gasteiger partial charge is 0.302 e. The molecule has 4 aromatic rings. The first kappa shape index (κ1) is 23.7. The molecule has 180 valence electrons. The first-order valence-corrected chi connectivity index (χ1v) is 10.4. The second-order valence-electron chi connectivity index (χ2n) is 7.64. The van der Waals surface area contributed by atoms with Crippen LogP contribution in [0.3, 0.4) is 0 Å². The number of nitrogens with two attached hydrogens (primary N) is 1. The van der Waals surface area contributed by atoms with E-state index in [9.17, 15) is 23.5 Å². The lowest BCUT2D eigenvalue weighted by Crippen LogP contribution is -2.27. The van der Waals surface area contributed by atoms with Gasteiger partial charge in [0.05, 0.1) is 18.8 Å². The van der Waals surface area contributed by atoms with Gasteiger partial charge in [0.2, 0.25) is 0 Å². The summed E-state index contributed by atoms with van der Waals surface area (Å²) in [5.41, 5.74) is 5.70. The van der Waals surface area contributed by atoms with E-state index < -0.39 is 29.2 Å². The van der Waals surface area contributed by atoms with Gasteiger partial charge in [-0.2, -0.15) is 4.98 Å². The molecule has 0 aliphatic carbocycles. The number of amides is 1. The zero-order valence-electron chi connectivity index (χ0n) is 18.4. The summed E-state index contributed by atoms with van der Waals surface area (Å²) in [6.07, 6.45) is 2.71. The maximum atomic E-state index is 14.4. The first-order valence-electron chi connectivity index (χ1n) is 10.4. The quantitative estimate of drug-likeness (QED) is 0.363. The average molecular weight is 482 g/mol. The highest BCUT2D eigenvalue weighted by Gasteiger charge is 2.23. The fourth-order valence-electron chi connectivity index (χ4n) is 3.42. The Balaban J connectivity index is 1.81. The van der Waals surface area contributed by atoms with Crippen molar-refractivity contribution < 1.29 is 23.1 Å². The van der Waals surface area contributed by atoms with Gasteiger partial charge in [0.25, 0.3) is 11.5 Å². The normalized spacial score (nSPS) is 11.9. The number of hydrogen-bond acceptors (Lipinski definition) is 8. The van der Waals surface area contributed by atoms with Crippen LogP contribution in [0.25, 0.3) is 11.3 Å². The summed E-state index contributed by atoms with van der Waals surface area (Å²) in [4.78, 5) is 36.8. The van der Waals surface area contributed by atoms with Gasteiger partial charge in [-0.25, -0.2) is 13.8 Å². The number of hydrogen-bond donors (Lipinski definition) is 3. The maximum Gasteiger partial charge on any atom is 0.302 e. The number of anilines is 2. The molecule has 0 saturated carbocycles. The minimum atomic E-state index is -0.878. The van der Waals surface area contributed by atoms with Crippen LogP contribution in [0.1, 0.15) is 28.7 Å². The number of nitrogen functional groups attached to an aromatic ring is 1. The van der Waals surface area contributed by atoms with E-state index in [-0.39, 0.29) is 53.1 Å². The summed E-state index contributed by atoms with van der Waals surface area (Å²) in [6, 6.07) is 5.74. The number of halogens is 2. The minimum Gasteiger partial charge on any atom is -0.427 e. The number of aliphatic hydroxyl groups is 1. The van der Waals surface area contributed by atoms with Gasteiger partial charge in [0.15, 0.2) is 0 Å².